The van der Waals surface area contributed by atoms with Gasteiger partial charge in [0, 0.05) is 37.2 Å². The van der Waals surface area contributed by atoms with Crippen molar-refractivity contribution in [3.8, 4) is 5.75 Å². The van der Waals surface area contributed by atoms with E-state index in [1.165, 1.54) is 0 Å². The number of nitrogens with zero attached hydrogens (tertiary/aromatic N) is 1. The van der Waals surface area contributed by atoms with Crippen molar-refractivity contribution in [3.63, 3.8) is 0 Å². The molecule has 0 saturated carbocycles. The summed E-state index contributed by atoms with van der Waals surface area (Å²) in [5.74, 6) is 0.658. The Morgan fingerprint density at radius 1 is 1.09 bits per heavy atom. The fourth-order valence-electron chi connectivity index (χ4n) is 1.96. The minimum atomic E-state index is -0.0968. The van der Waals surface area contributed by atoms with Gasteiger partial charge >= 0.3 is 0 Å². The predicted molar refractivity (Wildman–Crippen MR) is 90.9 cm³/mol. The van der Waals surface area contributed by atoms with Crippen molar-refractivity contribution in [2.75, 3.05) is 43.3 Å². The lowest BCUT2D eigenvalue weighted by molar-refractivity contribution is -0.114. The van der Waals surface area contributed by atoms with E-state index in [1.54, 1.807) is 7.11 Å². The number of carbonyl (C=O) groups is 1. The first-order valence-electron chi connectivity index (χ1n) is 7.03. The van der Waals surface area contributed by atoms with Crippen LogP contribution in [-0.4, -0.2) is 33.7 Å². The van der Waals surface area contributed by atoms with E-state index in [1.807, 2.05) is 67.5 Å². The van der Waals surface area contributed by atoms with Crippen molar-refractivity contribution in [2.24, 2.45) is 0 Å². The van der Waals surface area contributed by atoms with E-state index in [9.17, 15) is 4.79 Å². The monoisotopic (exact) mass is 299 g/mol. The van der Waals surface area contributed by atoms with Crippen LogP contribution in [0.15, 0.2) is 48.5 Å². The molecule has 0 unspecified atom stereocenters. The number of carbonyl (C=O) groups excluding carboxylic acids is 1. The van der Waals surface area contributed by atoms with E-state index < -0.39 is 0 Å². The highest BCUT2D eigenvalue weighted by Crippen LogP contribution is 2.17. The van der Waals surface area contributed by atoms with Crippen LogP contribution in [0, 0.1) is 0 Å². The van der Waals surface area contributed by atoms with Gasteiger partial charge in [-0.3, -0.25) is 4.79 Å². The van der Waals surface area contributed by atoms with Crippen molar-refractivity contribution >= 4 is 23.0 Å². The van der Waals surface area contributed by atoms with Crippen LogP contribution >= 0.6 is 0 Å². The van der Waals surface area contributed by atoms with Crippen molar-refractivity contribution in [1.29, 1.82) is 0 Å². The zero-order valence-corrected chi connectivity index (χ0v) is 13.1. The molecule has 2 aromatic rings. The molecule has 2 N–H and O–H groups in total. The van der Waals surface area contributed by atoms with Gasteiger partial charge in [-0.05, 0) is 36.4 Å². The van der Waals surface area contributed by atoms with Crippen LogP contribution in [-0.2, 0) is 4.79 Å². The summed E-state index contributed by atoms with van der Waals surface area (Å²) in [5, 5.41) is 5.92. The van der Waals surface area contributed by atoms with Crippen LogP contribution < -0.4 is 20.3 Å². The van der Waals surface area contributed by atoms with Gasteiger partial charge in [-0.25, -0.2) is 0 Å². The van der Waals surface area contributed by atoms with Crippen LogP contribution in [0.3, 0.4) is 0 Å². The van der Waals surface area contributed by atoms with Crippen molar-refractivity contribution in [2.45, 2.75) is 0 Å². The molecule has 2 aromatic carbocycles. The summed E-state index contributed by atoms with van der Waals surface area (Å²) in [7, 11) is 5.57. The normalized spacial score (nSPS) is 9.95. The van der Waals surface area contributed by atoms with Gasteiger partial charge in [-0.15, -0.1) is 0 Å². The molecule has 1 amide bonds. The van der Waals surface area contributed by atoms with Crippen LogP contribution in [0.5, 0.6) is 5.75 Å². The average molecular weight is 299 g/mol. The molecular weight excluding hydrogens is 278 g/mol. The molecule has 0 spiro atoms. The van der Waals surface area contributed by atoms with Crippen LogP contribution in [0.25, 0.3) is 0 Å². The quantitative estimate of drug-likeness (QED) is 0.861. The Balaban J connectivity index is 1.87. The molecule has 5 heteroatoms. The Hall–Kier alpha value is -2.69. The first kappa shape index (κ1) is 15.7. The van der Waals surface area contributed by atoms with Gasteiger partial charge in [-0.2, -0.15) is 0 Å². The highest BCUT2D eigenvalue weighted by Gasteiger charge is 2.03. The molecule has 0 fully saturated rings. The fraction of sp³-hybridized carbons (Fsp3) is 0.235. The lowest BCUT2D eigenvalue weighted by Gasteiger charge is -2.13. The molecule has 0 heterocycles. The molecule has 0 saturated heterocycles. The number of rotatable bonds is 6. The van der Waals surface area contributed by atoms with Crippen LogP contribution in [0.2, 0.25) is 0 Å². The minimum Gasteiger partial charge on any atom is -0.497 e. The maximum Gasteiger partial charge on any atom is 0.243 e. The zero-order chi connectivity index (χ0) is 15.9. The molecule has 5 nitrogen and oxygen atoms in total. The van der Waals surface area contributed by atoms with Gasteiger partial charge in [0.25, 0.3) is 0 Å². The summed E-state index contributed by atoms with van der Waals surface area (Å²) in [4.78, 5) is 14.0. The van der Waals surface area contributed by atoms with E-state index in [0.717, 1.165) is 22.8 Å². The number of methoxy groups -OCH3 is 1. The SMILES string of the molecule is COc1cccc(NCC(=O)Nc2ccc(N(C)C)cc2)c1. The van der Waals surface area contributed by atoms with E-state index >= 15 is 0 Å². The lowest BCUT2D eigenvalue weighted by Crippen LogP contribution is -2.21. The number of anilines is 3. The van der Waals surface area contributed by atoms with E-state index in [2.05, 4.69) is 10.6 Å². The molecule has 116 valence electrons. The van der Waals surface area contributed by atoms with Gasteiger partial charge in [-0.1, -0.05) is 6.07 Å². The number of benzene rings is 2. The Morgan fingerprint density at radius 3 is 2.45 bits per heavy atom. The highest BCUT2D eigenvalue weighted by molar-refractivity contribution is 5.93. The Kier molecular flexibility index (Phi) is 5.25. The first-order valence-corrected chi connectivity index (χ1v) is 7.03. The predicted octanol–water partition coefficient (Wildman–Crippen LogP) is 2.81. The van der Waals surface area contributed by atoms with Gasteiger partial charge in [0.2, 0.25) is 5.91 Å². The summed E-state index contributed by atoms with van der Waals surface area (Å²) in [6.07, 6.45) is 0. The molecule has 0 aromatic heterocycles. The van der Waals surface area contributed by atoms with Crippen molar-refractivity contribution in [1.82, 2.24) is 0 Å². The Morgan fingerprint density at radius 2 is 1.82 bits per heavy atom. The second-order valence-electron chi connectivity index (χ2n) is 5.07. The topological polar surface area (TPSA) is 53.6 Å². The van der Waals surface area contributed by atoms with Gasteiger partial charge < -0.3 is 20.3 Å². The van der Waals surface area contributed by atoms with Crippen LogP contribution in [0.1, 0.15) is 0 Å². The molecule has 0 aliphatic carbocycles. The molecule has 0 bridgehead atoms. The van der Waals surface area contributed by atoms with Crippen LogP contribution in [0.4, 0.5) is 17.1 Å². The number of hydrogen-bond acceptors (Lipinski definition) is 4. The maximum atomic E-state index is 11.9. The summed E-state index contributed by atoms with van der Waals surface area (Å²) in [5.41, 5.74) is 2.72. The minimum absolute atomic E-state index is 0.0968. The molecular formula is C17H21N3O2. The largest absolute Gasteiger partial charge is 0.497 e. The fourth-order valence-corrected chi connectivity index (χ4v) is 1.96. The zero-order valence-electron chi connectivity index (χ0n) is 13.1. The number of hydrogen-bond donors (Lipinski definition) is 2. The summed E-state index contributed by atoms with van der Waals surface area (Å²) in [6, 6.07) is 15.2. The van der Waals surface area contributed by atoms with Gasteiger partial charge in [0.05, 0.1) is 13.7 Å². The van der Waals surface area contributed by atoms with E-state index in [0.29, 0.717) is 0 Å². The summed E-state index contributed by atoms with van der Waals surface area (Å²) >= 11 is 0. The molecule has 0 atom stereocenters. The molecule has 0 radical (unpaired) electrons. The first-order chi connectivity index (χ1) is 10.6. The van der Waals surface area contributed by atoms with Crippen molar-refractivity contribution < 1.29 is 9.53 Å². The Labute approximate surface area is 130 Å². The second-order valence-corrected chi connectivity index (χ2v) is 5.07. The third-order valence-corrected chi connectivity index (χ3v) is 3.19. The van der Waals surface area contributed by atoms with Gasteiger partial charge in [0.15, 0.2) is 0 Å². The maximum absolute atomic E-state index is 11.9. The van der Waals surface area contributed by atoms with Gasteiger partial charge in [0.1, 0.15) is 5.75 Å². The van der Waals surface area contributed by atoms with E-state index in [4.69, 9.17) is 4.74 Å². The lowest BCUT2D eigenvalue weighted by atomic mass is 10.2. The van der Waals surface area contributed by atoms with E-state index in [-0.39, 0.29) is 12.5 Å². The molecule has 22 heavy (non-hydrogen) atoms. The molecule has 0 aliphatic rings. The summed E-state index contributed by atoms with van der Waals surface area (Å²) < 4.78 is 5.14. The second kappa shape index (κ2) is 7.36. The standard InChI is InChI=1S/C17H21N3O2/c1-20(2)15-9-7-13(8-10-15)19-17(21)12-18-14-5-4-6-16(11-14)22-3/h4-11,18H,12H2,1-3H3,(H,19,21). The smallest absolute Gasteiger partial charge is 0.243 e. The third-order valence-electron chi connectivity index (χ3n) is 3.19. The highest BCUT2D eigenvalue weighted by atomic mass is 16.5. The summed E-state index contributed by atoms with van der Waals surface area (Å²) in [6.45, 7) is 0.197. The van der Waals surface area contributed by atoms with Crippen molar-refractivity contribution in [3.05, 3.63) is 48.5 Å². The number of ether oxygens (including phenoxy) is 1. The Bertz CT molecular complexity index is 624. The third kappa shape index (κ3) is 4.41. The number of nitrogens with one attached hydrogen (secondary N) is 2. The molecule has 2 rings (SSSR count). The number of amides is 1. The molecule has 0 aliphatic heterocycles. The average Bonchev–Trinajstić information content (AvgIpc) is 2.53.